The Balaban J connectivity index is 1.78. The molecule has 4 N–H and O–H groups in total. The van der Waals surface area contributed by atoms with E-state index in [1.54, 1.807) is 18.2 Å². The van der Waals surface area contributed by atoms with Crippen molar-refractivity contribution >= 4 is 17.6 Å². The zero-order chi connectivity index (χ0) is 19.9. The van der Waals surface area contributed by atoms with Gasteiger partial charge in [-0.15, -0.1) is 13.2 Å². The van der Waals surface area contributed by atoms with Gasteiger partial charge in [0.15, 0.2) is 5.96 Å². The molecule has 0 fully saturated rings. The van der Waals surface area contributed by atoms with Gasteiger partial charge in [-0.1, -0.05) is 17.7 Å². The number of nitrogens with one attached hydrogen (secondary N) is 2. The number of carbonyl (C=O) groups is 1. The van der Waals surface area contributed by atoms with Crippen molar-refractivity contribution in [2.45, 2.75) is 13.3 Å². The van der Waals surface area contributed by atoms with Crippen LogP contribution in [0.5, 0.6) is 5.75 Å². The summed E-state index contributed by atoms with van der Waals surface area (Å²) in [7, 11) is 0. The van der Waals surface area contributed by atoms with E-state index in [0.29, 0.717) is 11.3 Å². The molecule has 0 saturated heterocycles. The van der Waals surface area contributed by atoms with Crippen LogP contribution in [0.1, 0.15) is 15.9 Å². The first-order valence-electron chi connectivity index (χ1n) is 8.00. The second-order valence-electron chi connectivity index (χ2n) is 5.59. The molecule has 0 radical (unpaired) electrons. The van der Waals surface area contributed by atoms with Crippen LogP contribution in [0.4, 0.5) is 18.9 Å². The molecule has 144 valence electrons. The molecule has 0 bridgehead atoms. The molecule has 0 spiro atoms. The number of anilines is 1. The van der Waals surface area contributed by atoms with Gasteiger partial charge in [0.25, 0.3) is 5.91 Å². The SMILES string of the molecule is Cc1cccc(C(=O)NCCN=C(N)Nc2ccc(OC(F)(F)F)cc2)c1. The van der Waals surface area contributed by atoms with Crippen molar-refractivity contribution in [1.82, 2.24) is 5.32 Å². The molecule has 0 aliphatic rings. The molecule has 0 heterocycles. The summed E-state index contributed by atoms with van der Waals surface area (Å²) >= 11 is 0. The van der Waals surface area contributed by atoms with Crippen molar-refractivity contribution in [3.63, 3.8) is 0 Å². The van der Waals surface area contributed by atoms with E-state index in [4.69, 9.17) is 5.73 Å². The number of ether oxygens (including phenoxy) is 1. The van der Waals surface area contributed by atoms with Gasteiger partial charge in [-0.3, -0.25) is 9.79 Å². The molecular weight excluding hydrogens is 361 g/mol. The average Bonchev–Trinajstić information content (AvgIpc) is 2.59. The number of benzene rings is 2. The number of alkyl halides is 3. The Bertz CT molecular complexity index is 805. The third-order valence-electron chi connectivity index (χ3n) is 3.32. The number of rotatable bonds is 6. The smallest absolute Gasteiger partial charge is 0.406 e. The van der Waals surface area contributed by atoms with E-state index >= 15 is 0 Å². The van der Waals surface area contributed by atoms with Gasteiger partial charge in [0.05, 0.1) is 6.54 Å². The molecule has 6 nitrogen and oxygen atoms in total. The van der Waals surface area contributed by atoms with Crippen molar-refractivity contribution < 1.29 is 22.7 Å². The van der Waals surface area contributed by atoms with Crippen LogP contribution in [0.3, 0.4) is 0 Å². The molecule has 9 heteroatoms. The minimum Gasteiger partial charge on any atom is -0.406 e. The zero-order valence-corrected chi connectivity index (χ0v) is 14.5. The molecule has 2 aromatic carbocycles. The van der Waals surface area contributed by atoms with Crippen LogP contribution in [-0.2, 0) is 0 Å². The monoisotopic (exact) mass is 380 g/mol. The van der Waals surface area contributed by atoms with Crippen LogP contribution in [0, 0.1) is 6.92 Å². The van der Waals surface area contributed by atoms with E-state index in [1.165, 1.54) is 12.1 Å². The number of guanidine groups is 1. The standard InChI is InChI=1S/C18H19F3N4O2/c1-12-3-2-4-13(11-12)16(26)23-9-10-24-17(22)25-14-5-7-15(8-6-14)27-18(19,20)21/h2-8,11H,9-10H2,1H3,(H,23,26)(H3,22,24,25). The summed E-state index contributed by atoms with van der Waals surface area (Å²) in [6, 6.07) is 12.3. The van der Waals surface area contributed by atoms with Crippen molar-refractivity contribution in [1.29, 1.82) is 0 Å². The molecule has 2 aromatic rings. The minimum atomic E-state index is -4.74. The van der Waals surface area contributed by atoms with Gasteiger partial charge < -0.3 is 21.1 Å². The predicted molar refractivity (Wildman–Crippen MR) is 96.7 cm³/mol. The fourth-order valence-corrected chi connectivity index (χ4v) is 2.16. The molecule has 2 rings (SSSR count). The van der Waals surface area contributed by atoms with E-state index in [1.807, 2.05) is 13.0 Å². The highest BCUT2D eigenvalue weighted by molar-refractivity contribution is 5.94. The molecule has 0 atom stereocenters. The van der Waals surface area contributed by atoms with Crippen LogP contribution < -0.4 is 21.1 Å². The lowest BCUT2D eigenvalue weighted by atomic mass is 10.1. The lowest BCUT2D eigenvalue weighted by Gasteiger charge is -2.10. The van der Waals surface area contributed by atoms with Crippen molar-refractivity contribution in [2.24, 2.45) is 10.7 Å². The van der Waals surface area contributed by atoms with Gasteiger partial charge in [-0.2, -0.15) is 0 Å². The Kier molecular flexibility index (Phi) is 6.64. The second kappa shape index (κ2) is 8.93. The van der Waals surface area contributed by atoms with E-state index in [9.17, 15) is 18.0 Å². The highest BCUT2D eigenvalue weighted by Gasteiger charge is 2.30. The van der Waals surface area contributed by atoms with Gasteiger partial charge in [-0.25, -0.2) is 0 Å². The highest BCUT2D eigenvalue weighted by Crippen LogP contribution is 2.23. The first-order valence-corrected chi connectivity index (χ1v) is 8.00. The van der Waals surface area contributed by atoms with Crippen molar-refractivity contribution in [3.8, 4) is 5.75 Å². The summed E-state index contributed by atoms with van der Waals surface area (Å²) in [6.45, 7) is 2.42. The van der Waals surface area contributed by atoms with E-state index < -0.39 is 6.36 Å². The number of amides is 1. The number of hydrogen-bond donors (Lipinski definition) is 3. The van der Waals surface area contributed by atoms with Gasteiger partial charge in [0, 0.05) is 17.8 Å². The Labute approximate surface area is 154 Å². The topological polar surface area (TPSA) is 88.7 Å². The number of aryl methyl sites for hydroxylation is 1. The van der Waals surface area contributed by atoms with Crippen molar-refractivity contribution in [2.75, 3.05) is 18.4 Å². The Morgan fingerprint density at radius 2 is 1.89 bits per heavy atom. The fourth-order valence-electron chi connectivity index (χ4n) is 2.16. The summed E-state index contributed by atoms with van der Waals surface area (Å²) < 4.78 is 40.1. The molecule has 0 aliphatic heterocycles. The maximum Gasteiger partial charge on any atom is 0.573 e. The first kappa shape index (κ1) is 20.1. The molecule has 0 aliphatic carbocycles. The quantitative estimate of drug-likeness (QED) is 0.408. The number of carbonyl (C=O) groups excluding carboxylic acids is 1. The third kappa shape index (κ3) is 7.27. The van der Waals surface area contributed by atoms with Gasteiger partial charge in [0.1, 0.15) is 5.75 Å². The Morgan fingerprint density at radius 3 is 2.52 bits per heavy atom. The largest absolute Gasteiger partial charge is 0.573 e. The molecule has 0 aromatic heterocycles. The first-order chi connectivity index (χ1) is 12.7. The normalized spacial score (nSPS) is 11.8. The lowest BCUT2D eigenvalue weighted by molar-refractivity contribution is -0.274. The van der Waals surface area contributed by atoms with E-state index in [2.05, 4.69) is 20.4 Å². The number of nitrogens with zero attached hydrogens (tertiary/aromatic N) is 1. The number of aliphatic imine (C=N–C) groups is 1. The molecular formula is C18H19F3N4O2. The number of nitrogens with two attached hydrogens (primary N) is 1. The molecule has 0 unspecified atom stereocenters. The molecule has 0 saturated carbocycles. The van der Waals surface area contributed by atoms with Crippen LogP contribution in [0.15, 0.2) is 53.5 Å². The zero-order valence-electron chi connectivity index (χ0n) is 14.5. The van der Waals surface area contributed by atoms with Crippen LogP contribution in [-0.4, -0.2) is 31.3 Å². The number of halogens is 3. The molecule has 27 heavy (non-hydrogen) atoms. The summed E-state index contributed by atoms with van der Waals surface area (Å²) in [5.41, 5.74) is 7.71. The van der Waals surface area contributed by atoms with Gasteiger partial charge in [0.2, 0.25) is 0 Å². The van der Waals surface area contributed by atoms with E-state index in [0.717, 1.165) is 17.7 Å². The van der Waals surface area contributed by atoms with Crippen molar-refractivity contribution in [3.05, 3.63) is 59.7 Å². The predicted octanol–water partition coefficient (Wildman–Crippen LogP) is 3.05. The maximum absolute atomic E-state index is 12.1. The Morgan fingerprint density at radius 1 is 1.19 bits per heavy atom. The summed E-state index contributed by atoms with van der Waals surface area (Å²) in [4.78, 5) is 16.0. The highest BCUT2D eigenvalue weighted by atomic mass is 19.4. The van der Waals surface area contributed by atoms with Crippen LogP contribution in [0.2, 0.25) is 0 Å². The number of hydrogen-bond acceptors (Lipinski definition) is 3. The third-order valence-corrected chi connectivity index (χ3v) is 3.32. The maximum atomic E-state index is 12.1. The summed E-state index contributed by atoms with van der Waals surface area (Å²) in [6.07, 6.45) is -4.74. The van der Waals surface area contributed by atoms with Crippen LogP contribution in [0.25, 0.3) is 0 Å². The van der Waals surface area contributed by atoms with Gasteiger partial charge in [-0.05, 0) is 43.3 Å². The van der Waals surface area contributed by atoms with Gasteiger partial charge >= 0.3 is 6.36 Å². The molecule has 1 amide bonds. The summed E-state index contributed by atoms with van der Waals surface area (Å²) in [5.74, 6) is -0.465. The second-order valence-corrected chi connectivity index (χ2v) is 5.59. The minimum absolute atomic E-state index is 0.0734. The van der Waals surface area contributed by atoms with E-state index in [-0.39, 0.29) is 30.7 Å². The lowest BCUT2D eigenvalue weighted by Crippen LogP contribution is -2.28. The summed E-state index contributed by atoms with van der Waals surface area (Å²) in [5, 5.41) is 5.46. The average molecular weight is 380 g/mol. The fraction of sp³-hybridized carbons (Fsp3) is 0.222. The van der Waals surface area contributed by atoms with Crippen LogP contribution >= 0.6 is 0 Å². The Hall–Kier alpha value is -3.23.